The number of carbonyl (C=O) groups is 1. The van der Waals surface area contributed by atoms with Gasteiger partial charge in [-0.25, -0.2) is 4.39 Å². The zero-order chi connectivity index (χ0) is 17.0. The average Bonchev–Trinajstić information content (AvgIpc) is 3.13. The van der Waals surface area contributed by atoms with Crippen molar-refractivity contribution in [3.63, 3.8) is 0 Å². The highest BCUT2D eigenvalue weighted by Crippen LogP contribution is 2.27. The van der Waals surface area contributed by atoms with Gasteiger partial charge in [0, 0.05) is 18.9 Å². The van der Waals surface area contributed by atoms with Crippen LogP contribution >= 0.6 is 28.3 Å². The van der Waals surface area contributed by atoms with E-state index in [9.17, 15) is 9.18 Å². The van der Waals surface area contributed by atoms with Crippen LogP contribution in [0.4, 0.5) is 4.39 Å². The molecular formula is C17H21BrClFN4O. The number of halogens is 3. The quantitative estimate of drug-likeness (QED) is 0.765. The van der Waals surface area contributed by atoms with Gasteiger partial charge in [0.1, 0.15) is 11.4 Å². The monoisotopic (exact) mass is 430 g/mol. The van der Waals surface area contributed by atoms with E-state index in [1.807, 2.05) is 12.3 Å². The molecule has 1 saturated heterocycles. The molecule has 1 amide bonds. The van der Waals surface area contributed by atoms with Crippen molar-refractivity contribution in [2.75, 3.05) is 19.6 Å². The van der Waals surface area contributed by atoms with Crippen LogP contribution in [0, 0.1) is 5.82 Å². The summed E-state index contributed by atoms with van der Waals surface area (Å²) in [5.74, 6) is -0.288. The van der Waals surface area contributed by atoms with Crippen LogP contribution in [-0.4, -0.2) is 35.3 Å². The van der Waals surface area contributed by atoms with Crippen molar-refractivity contribution < 1.29 is 9.18 Å². The summed E-state index contributed by atoms with van der Waals surface area (Å²) < 4.78 is 15.5. The summed E-state index contributed by atoms with van der Waals surface area (Å²) in [5.41, 5.74) is 0.347. The molecule has 0 atom stereocenters. The summed E-state index contributed by atoms with van der Waals surface area (Å²) in [6, 6.07) is 6.75. The van der Waals surface area contributed by atoms with Crippen LogP contribution in [0.5, 0.6) is 0 Å². The maximum Gasteiger partial charge on any atom is 0.248 e. The van der Waals surface area contributed by atoms with Crippen molar-refractivity contribution in [3.8, 4) is 0 Å². The Morgan fingerprint density at radius 3 is 2.80 bits per heavy atom. The van der Waals surface area contributed by atoms with Crippen LogP contribution in [0.2, 0.25) is 0 Å². The van der Waals surface area contributed by atoms with E-state index in [-0.39, 0.29) is 24.1 Å². The van der Waals surface area contributed by atoms with Crippen LogP contribution in [0.25, 0.3) is 0 Å². The van der Waals surface area contributed by atoms with Gasteiger partial charge in [0.25, 0.3) is 0 Å². The third-order valence-electron chi connectivity index (χ3n) is 4.48. The molecule has 1 aliphatic heterocycles. The van der Waals surface area contributed by atoms with Crippen LogP contribution in [0.15, 0.2) is 41.1 Å². The van der Waals surface area contributed by atoms with Crippen LogP contribution in [-0.2, 0) is 16.8 Å². The number of nitrogens with zero attached hydrogens (tertiary/aromatic N) is 2. The zero-order valence-electron chi connectivity index (χ0n) is 13.7. The van der Waals surface area contributed by atoms with Gasteiger partial charge in [-0.15, -0.1) is 12.4 Å². The maximum atomic E-state index is 13.3. The van der Waals surface area contributed by atoms with Crippen molar-refractivity contribution in [3.05, 3.63) is 52.5 Å². The first-order chi connectivity index (χ1) is 11.6. The lowest BCUT2D eigenvalue weighted by molar-refractivity contribution is -0.131. The lowest BCUT2D eigenvalue weighted by Crippen LogP contribution is -2.54. The van der Waals surface area contributed by atoms with Crippen molar-refractivity contribution in [2.45, 2.75) is 24.8 Å². The van der Waals surface area contributed by atoms with Gasteiger partial charge in [-0.3, -0.25) is 9.48 Å². The molecule has 0 unspecified atom stereocenters. The summed E-state index contributed by atoms with van der Waals surface area (Å²) in [4.78, 5) is 12.9. The average molecular weight is 432 g/mol. The van der Waals surface area contributed by atoms with Gasteiger partial charge in [-0.2, -0.15) is 5.10 Å². The first-order valence-electron chi connectivity index (χ1n) is 8.05. The molecule has 3 rings (SSSR count). The molecule has 0 radical (unpaired) electrons. The number of hydrogen-bond acceptors (Lipinski definition) is 3. The standard InChI is InChI=1S/C17H20BrFN4O.ClH/c18-14-12-13(2-3-15(14)19)4-8-21-16(24)17(5-9-20-10-6-17)23-11-1-7-22-23;/h1-3,7,11-12,20H,4-6,8-10H2,(H,21,24);1H. The second-order valence-corrected chi connectivity index (χ2v) is 6.84. The molecule has 1 aliphatic rings. The summed E-state index contributed by atoms with van der Waals surface area (Å²) in [6.07, 6.45) is 5.62. The second kappa shape index (κ2) is 8.78. The molecule has 1 fully saturated rings. The molecule has 1 aromatic carbocycles. The molecule has 25 heavy (non-hydrogen) atoms. The molecule has 8 heteroatoms. The smallest absolute Gasteiger partial charge is 0.248 e. The zero-order valence-corrected chi connectivity index (χ0v) is 16.1. The van der Waals surface area contributed by atoms with E-state index in [0.29, 0.717) is 30.3 Å². The van der Waals surface area contributed by atoms with E-state index in [1.165, 1.54) is 6.07 Å². The molecule has 0 aliphatic carbocycles. The summed E-state index contributed by atoms with van der Waals surface area (Å²) in [6.45, 7) is 2.09. The van der Waals surface area contributed by atoms with Crippen LogP contribution in [0.1, 0.15) is 18.4 Å². The minimum Gasteiger partial charge on any atom is -0.354 e. The molecule has 0 spiro atoms. The van der Waals surface area contributed by atoms with Crippen molar-refractivity contribution in [1.29, 1.82) is 0 Å². The van der Waals surface area contributed by atoms with Gasteiger partial charge in [-0.05, 0) is 72.0 Å². The maximum absolute atomic E-state index is 13.3. The highest BCUT2D eigenvalue weighted by molar-refractivity contribution is 9.10. The molecule has 1 aromatic heterocycles. The van der Waals surface area contributed by atoms with Gasteiger partial charge in [0.15, 0.2) is 0 Å². The number of rotatable bonds is 5. The highest BCUT2D eigenvalue weighted by Gasteiger charge is 2.41. The summed E-state index contributed by atoms with van der Waals surface area (Å²) >= 11 is 3.18. The SMILES string of the molecule is Cl.O=C(NCCc1ccc(F)c(Br)c1)C1(n2cccn2)CCNCC1. The molecular weight excluding hydrogens is 411 g/mol. The van der Waals surface area contributed by atoms with E-state index < -0.39 is 5.54 Å². The number of piperidine rings is 1. The molecule has 136 valence electrons. The normalized spacial score (nSPS) is 16.1. The lowest BCUT2D eigenvalue weighted by Gasteiger charge is -2.36. The number of benzene rings is 1. The number of nitrogens with one attached hydrogen (secondary N) is 2. The first kappa shape index (κ1) is 19.9. The number of amides is 1. The minimum atomic E-state index is -0.627. The topological polar surface area (TPSA) is 59.0 Å². The van der Waals surface area contributed by atoms with Gasteiger partial charge in [0.2, 0.25) is 5.91 Å². The Hall–Kier alpha value is -1.44. The Labute approximate surface area is 160 Å². The third-order valence-corrected chi connectivity index (χ3v) is 5.09. The number of hydrogen-bond donors (Lipinski definition) is 2. The van der Waals surface area contributed by atoms with Crippen molar-refractivity contribution >= 4 is 34.2 Å². The Morgan fingerprint density at radius 1 is 1.40 bits per heavy atom. The Morgan fingerprint density at radius 2 is 2.16 bits per heavy atom. The predicted molar refractivity (Wildman–Crippen MR) is 100 cm³/mol. The third kappa shape index (κ3) is 4.40. The van der Waals surface area contributed by atoms with Crippen LogP contribution < -0.4 is 10.6 Å². The van der Waals surface area contributed by atoms with Gasteiger partial charge in [0.05, 0.1) is 4.47 Å². The first-order valence-corrected chi connectivity index (χ1v) is 8.84. The summed E-state index contributed by atoms with van der Waals surface area (Å²) in [5, 5.41) is 10.6. The Kier molecular flexibility index (Phi) is 6.98. The predicted octanol–water partition coefficient (Wildman–Crippen LogP) is 2.64. The largest absolute Gasteiger partial charge is 0.354 e. The van der Waals surface area contributed by atoms with Crippen molar-refractivity contribution in [1.82, 2.24) is 20.4 Å². The van der Waals surface area contributed by atoms with Gasteiger partial charge in [-0.1, -0.05) is 6.07 Å². The van der Waals surface area contributed by atoms with Crippen LogP contribution in [0.3, 0.4) is 0 Å². The number of aromatic nitrogens is 2. The molecule has 2 heterocycles. The fourth-order valence-corrected chi connectivity index (χ4v) is 3.53. The highest BCUT2D eigenvalue weighted by atomic mass is 79.9. The fraction of sp³-hybridized carbons (Fsp3) is 0.412. The van der Waals surface area contributed by atoms with E-state index in [1.54, 1.807) is 23.0 Å². The van der Waals surface area contributed by atoms with Crippen molar-refractivity contribution in [2.24, 2.45) is 0 Å². The lowest BCUT2D eigenvalue weighted by atomic mass is 9.87. The molecule has 0 saturated carbocycles. The second-order valence-electron chi connectivity index (χ2n) is 5.99. The van der Waals surface area contributed by atoms with E-state index in [0.717, 1.165) is 18.7 Å². The molecule has 5 nitrogen and oxygen atoms in total. The fourth-order valence-electron chi connectivity index (χ4n) is 3.10. The Bertz CT molecular complexity index is 705. The van der Waals surface area contributed by atoms with E-state index in [4.69, 9.17) is 0 Å². The van der Waals surface area contributed by atoms with Gasteiger partial charge >= 0.3 is 0 Å². The Balaban J connectivity index is 0.00000225. The van der Waals surface area contributed by atoms with Gasteiger partial charge < -0.3 is 10.6 Å². The van der Waals surface area contributed by atoms with E-state index in [2.05, 4.69) is 31.7 Å². The number of carbonyl (C=O) groups excluding carboxylic acids is 1. The molecule has 2 N–H and O–H groups in total. The van der Waals surface area contributed by atoms with E-state index >= 15 is 0 Å². The minimum absolute atomic E-state index is 0. The molecule has 0 bridgehead atoms. The molecule has 2 aromatic rings. The summed E-state index contributed by atoms with van der Waals surface area (Å²) in [7, 11) is 0.